The van der Waals surface area contributed by atoms with Gasteiger partial charge in [-0.2, -0.15) is 0 Å². The van der Waals surface area contributed by atoms with Crippen molar-refractivity contribution in [2.24, 2.45) is 0 Å². The summed E-state index contributed by atoms with van der Waals surface area (Å²) in [4.78, 5) is 25.9. The molecule has 21 heavy (non-hydrogen) atoms. The van der Waals surface area contributed by atoms with Crippen LogP contribution in [0.4, 0.5) is 0 Å². The van der Waals surface area contributed by atoms with Crippen molar-refractivity contribution in [2.45, 2.75) is 17.8 Å². The standard InChI is InChI=1S/C15H15IN2O2S/c16-7-11-8-18-14(20)13(15(18)21-9-11)17-12(19)6-10-4-2-1-3-5-10/h1-5,8,13,15H,6-7,9H2,(H,17,19)/t13-,15-/m1/s1. The van der Waals surface area contributed by atoms with Gasteiger partial charge in [-0.1, -0.05) is 52.9 Å². The second-order valence-electron chi connectivity index (χ2n) is 5.08. The van der Waals surface area contributed by atoms with Crippen LogP contribution in [-0.4, -0.2) is 38.3 Å². The largest absolute Gasteiger partial charge is 0.341 e. The fourth-order valence-corrected chi connectivity index (χ4v) is 4.53. The second kappa shape index (κ2) is 6.39. The lowest BCUT2D eigenvalue weighted by Gasteiger charge is -2.47. The number of nitrogens with one attached hydrogen (secondary N) is 1. The highest BCUT2D eigenvalue weighted by Crippen LogP contribution is 2.36. The number of halogens is 1. The molecule has 0 unspecified atom stereocenters. The maximum Gasteiger partial charge on any atom is 0.253 e. The zero-order valence-electron chi connectivity index (χ0n) is 11.3. The van der Waals surface area contributed by atoms with Crippen molar-refractivity contribution in [1.29, 1.82) is 0 Å². The molecule has 1 aromatic carbocycles. The Morgan fingerprint density at radius 1 is 1.38 bits per heavy atom. The van der Waals surface area contributed by atoms with Gasteiger partial charge in [0.2, 0.25) is 5.91 Å². The number of fused-ring (bicyclic) bond motifs is 1. The Morgan fingerprint density at radius 3 is 2.86 bits per heavy atom. The molecule has 2 aliphatic heterocycles. The Balaban J connectivity index is 1.59. The Labute approximate surface area is 141 Å². The third-order valence-corrected chi connectivity index (χ3v) is 5.89. The molecule has 0 radical (unpaired) electrons. The molecule has 1 N–H and O–H groups in total. The molecule has 1 aromatic rings. The normalized spacial score (nSPS) is 24.0. The first-order chi connectivity index (χ1) is 10.2. The molecule has 0 saturated carbocycles. The van der Waals surface area contributed by atoms with Gasteiger partial charge in [0.15, 0.2) is 0 Å². The Morgan fingerprint density at radius 2 is 2.14 bits per heavy atom. The number of nitrogens with zero attached hydrogens (tertiary/aromatic N) is 1. The SMILES string of the molecule is O=C(Cc1ccccc1)N[C@@H]1C(=O)N2C=C(CI)CS[C@H]12. The van der Waals surface area contributed by atoms with E-state index in [1.54, 1.807) is 16.7 Å². The number of carbonyl (C=O) groups is 2. The molecule has 110 valence electrons. The van der Waals surface area contributed by atoms with E-state index in [2.05, 4.69) is 27.9 Å². The summed E-state index contributed by atoms with van der Waals surface area (Å²) in [6.07, 6.45) is 2.26. The summed E-state index contributed by atoms with van der Waals surface area (Å²) in [6, 6.07) is 9.19. The molecular formula is C15H15IN2O2S. The molecule has 4 nitrogen and oxygen atoms in total. The average Bonchev–Trinajstić information content (AvgIpc) is 2.52. The minimum absolute atomic E-state index is 0.00374. The summed E-state index contributed by atoms with van der Waals surface area (Å²) in [5.41, 5.74) is 2.22. The zero-order chi connectivity index (χ0) is 14.8. The topological polar surface area (TPSA) is 49.4 Å². The summed E-state index contributed by atoms with van der Waals surface area (Å²) in [5.74, 6) is 0.835. The third-order valence-electron chi connectivity index (χ3n) is 3.54. The number of thioether (sulfide) groups is 1. The molecule has 0 bridgehead atoms. The smallest absolute Gasteiger partial charge is 0.253 e. The van der Waals surface area contributed by atoms with Crippen LogP contribution < -0.4 is 5.32 Å². The van der Waals surface area contributed by atoms with E-state index in [9.17, 15) is 9.59 Å². The highest BCUT2D eigenvalue weighted by Gasteiger charge is 2.49. The summed E-state index contributed by atoms with van der Waals surface area (Å²) in [7, 11) is 0. The summed E-state index contributed by atoms with van der Waals surface area (Å²) < 4.78 is 0.937. The van der Waals surface area contributed by atoms with Gasteiger partial charge in [-0.3, -0.25) is 9.59 Å². The van der Waals surface area contributed by atoms with Crippen LogP contribution in [0, 0.1) is 0 Å². The maximum absolute atomic E-state index is 12.1. The number of benzene rings is 1. The Kier molecular flexibility index (Phi) is 4.54. The number of alkyl halides is 1. The lowest BCUT2D eigenvalue weighted by molar-refractivity contribution is -0.144. The highest BCUT2D eigenvalue weighted by atomic mass is 127. The van der Waals surface area contributed by atoms with Gasteiger partial charge in [0.1, 0.15) is 11.4 Å². The van der Waals surface area contributed by atoms with Crippen LogP contribution in [0.1, 0.15) is 5.56 Å². The van der Waals surface area contributed by atoms with E-state index in [4.69, 9.17) is 0 Å². The van der Waals surface area contributed by atoms with Gasteiger partial charge < -0.3 is 10.2 Å². The molecule has 2 atom stereocenters. The molecule has 0 aromatic heterocycles. The number of hydrogen-bond donors (Lipinski definition) is 1. The van der Waals surface area contributed by atoms with Crippen LogP contribution in [0.25, 0.3) is 0 Å². The van der Waals surface area contributed by atoms with Gasteiger partial charge in [0, 0.05) is 16.4 Å². The molecule has 0 spiro atoms. The van der Waals surface area contributed by atoms with Gasteiger partial charge in [-0.05, 0) is 11.1 Å². The third kappa shape index (κ3) is 3.11. The Hall–Kier alpha value is -1.02. The monoisotopic (exact) mass is 414 g/mol. The van der Waals surface area contributed by atoms with Crippen LogP contribution in [-0.2, 0) is 16.0 Å². The van der Waals surface area contributed by atoms with E-state index in [1.165, 1.54) is 5.57 Å². The molecule has 2 heterocycles. The maximum atomic E-state index is 12.1. The van der Waals surface area contributed by atoms with E-state index in [1.807, 2.05) is 36.5 Å². The molecule has 2 amide bonds. The zero-order valence-corrected chi connectivity index (χ0v) is 14.3. The molecule has 2 aliphatic rings. The van der Waals surface area contributed by atoms with Gasteiger partial charge in [0.25, 0.3) is 5.91 Å². The van der Waals surface area contributed by atoms with Crippen molar-refractivity contribution in [3.63, 3.8) is 0 Å². The Bertz CT molecular complexity index is 591. The number of β-lactam (4-membered cyclic amide) rings is 1. The fraction of sp³-hybridized carbons (Fsp3) is 0.333. The van der Waals surface area contributed by atoms with Crippen LogP contribution in [0.3, 0.4) is 0 Å². The first-order valence-corrected chi connectivity index (χ1v) is 9.29. The van der Waals surface area contributed by atoms with Crippen molar-refractivity contribution in [1.82, 2.24) is 10.2 Å². The first-order valence-electron chi connectivity index (χ1n) is 6.71. The van der Waals surface area contributed by atoms with E-state index < -0.39 is 0 Å². The number of amides is 2. The minimum atomic E-state index is -0.377. The number of carbonyl (C=O) groups excluding carboxylic acids is 2. The summed E-state index contributed by atoms with van der Waals surface area (Å²) in [5, 5.41) is 2.92. The van der Waals surface area contributed by atoms with E-state index in [-0.39, 0.29) is 23.2 Å². The number of rotatable bonds is 4. The lowest BCUT2D eigenvalue weighted by atomic mass is 10.1. The number of hydrogen-bond acceptors (Lipinski definition) is 3. The second-order valence-corrected chi connectivity index (χ2v) is 6.94. The minimum Gasteiger partial charge on any atom is -0.341 e. The summed E-state index contributed by atoms with van der Waals surface area (Å²) in [6.45, 7) is 0. The van der Waals surface area contributed by atoms with Crippen molar-refractivity contribution in [2.75, 3.05) is 10.2 Å². The van der Waals surface area contributed by atoms with Crippen molar-refractivity contribution in [3.05, 3.63) is 47.7 Å². The molecule has 1 fully saturated rings. The first kappa shape index (κ1) is 14.9. The molecule has 0 aliphatic carbocycles. The van der Waals surface area contributed by atoms with Crippen LogP contribution in [0.5, 0.6) is 0 Å². The average molecular weight is 414 g/mol. The lowest BCUT2D eigenvalue weighted by Crippen LogP contribution is -2.68. The van der Waals surface area contributed by atoms with E-state index in [0.29, 0.717) is 6.42 Å². The van der Waals surface area contributed by atoms with Crippen LogP contribution in [0.15, 0.2) is 42.1 Å². The predicted octanol–water partition coefficient (Wildman–Crippen LogP) is 1.95. The van der Waals surface area contributed by atoms with Gasteiger partial charge >= 0.3 is 0 Å². The predicted molar refractivity (Wildman–Crippen MR) is 92.1 cm³/mol. The van der Waals surface area contributed by atoms with Crippen LogP contribution in [0.2, 0.25) is 0 Å². The van der Waals surface area contributed by atoms with E-state index in [0.717, 1.165) is 15.7 Å². The highest BCUT2D eigenvalue weighted by molar-refractivity contribution is 14.1. The van der Waals surface area contributed by atoms with E-state index >= 15 is 0 Å². The molecule has 1 saturated heterocycles. The van der Waals surface area contributed by atoms with Gasteiger partial charge in [-0.15, -0.1) is 11.8 Å². The van der Waals surface area contributed by atoms with Gasteiger partial charge in [-0.25, -0.2) is 0 Å². The van der Waals surface area contributed by atoms with Crippen LogP contribution >= 0.6 is 34.4 Å². The quantitative estimate of drug-likeness (QED) is 0.466. The molecule has 6 heteroatoms. The van der Waals surface area contributed by atoms with Crippen molar-refractivity contribution in [3.8, 4) is 0 Å². The van der Waals surface area contributed by atoms with Crippen molar-refractivity contribution >= 4 is 46.2 Å². The van der Waals surface area contributed by atoms with Gasteiger partial charge in [0.05, 0.1) is 6.42 Å². The summed E-state index contributed by atoms with van der Waals surface area (Å²) >= 11 is 4.03. The van der Waals surface area contributed by atoms with Crippen molar-refractivity contribution < 1.29 is 9.59 Å². The molecular weight excluding hydrogens is 399 g/mol. The molecule has 3 rings (SSSR count). The fourth-order valence-electron chi connectivity index (χ4n) is 2.44.